The highest BCUT2D eigenvalue weighted by molar-refractivity contribution is 4.99. The van der Waals surface area contributed by atoms with E-state index in [1.165, 1.54) is 6.92 Å². The van der Waals surface area contributed by atoms with Crippen LogP contribution in [-0.2, 0) is 0 Å². The maximum absolute atomic E-state index is 7.90. The molecule has 0 aliphatic rings. The van der Waals surface area contributed by atoms with Gasteiger partial charge in [0, 0.05) is 0 Å². The second kappa shape index (κ2) is 1.30. The summed E-state index contributed by atoms with van der Waals surface area (Å²) in [5, 5.41) is 7.90. The maximum Gasteiger partial charge on any atom is 0.0693 e. The number of hydrogen-bond acceptors (Lipinski definition) is 1. The van der Waals surface area contributed by atoms with Gasteiger partial charge >= 0.3 is 0 Å². The van der Waals surface area contributed by atoms with E-state index in [2.05, 4.69) is 0 Å². The van der Waals surface area contributed by atoms with E-state index in [1.807, 2.05) is 0 Å². The Morgan fingerprint density at radius 3 is 1.83 bits per heavy atom. The fourth-order valence-electron chi connectivity index (χ4n) is 0. The van der Waals surface area contributed by atoms with Crippen molar-refractivity contribution in [1.82, 2.24) is 0 Å². The lowest BCUT2D eigenvalue weighted by atomic mass is 10.0. The lowest BCUT2D eigenvalue weighted by Gasteiger charge is -1.99. The van der Waals surface area contributed by atoms with Crippen LogP contribution in [0.25, 0.3) is 0 Å². The zero-order chi connectivity index (χ0) is 5.21. The van der Waals surface area contributed by atoms with Gasteiger partial charge in [0.05, 0.1) is 11.5 Å². The molecule has 0 saturated carbocycles. The minimum absolute atomic E-state index is 1.15. The predicted octanol–water partition coefficient (Wildman–Crippen LogP) is 0.938. The smallest absolute Gasteiger partial charge is 0.0693 e. The monoisotopic (exact) mass is 79.0 g/mol. The zero-order valence-corrected chi connectivity index (χ0v) is 3.60. The van der Waals surface area contributed by atoms with Crippen LogP contribution >= 0.6 is 0 Å². The van der Waals surface area contributed by atoms with E-state index in [-0.39, 0.29) is 0 Å². The van der Waals surface area contributed by atoms with Gasteiger partial charge in [0.25, 0.3) is 0 Å². The molecule has 0 fully saturated rings. The normalized spacial score (nSPS) is 10.3. The molecule has 4 radical (unpaired) electrons. The van der Waals surface area contributed by atoms with Gasteiger partial charge in [0.2, 0.25) is 0 Å². The molecule has 0 rings (SSSR count). The topological polar surface area (TPSA) is 23.8 Å². The Morgan fingerprint density at radius 2 is 1.83 bits per heavy atom. The van der Waals surface area contributed by atoms with Crippen molar-refractivity contribution in [2.75, 3.05) is 0 Å². The Hall–Kier alpha value is -0.510. The first kappa shape index (κ1) is 5.49. The third kappa shape index (κ3) is 3.49. The Labute approximate surface area is 38.6 Å². The Bertz CT molecular complexity index is 70.9. The predicted molar refractivity (Wildman–Crippen MR) is 22.3 cm³/mol. The zero-order valence-electron chi connectivity index (χ0n) is 3.60. The van der Waals surface area contributed by atoms with Gasteiger partial charge in [-0.15, -0.1) is 0 Å². The molecule has 0 aliphatic carbocycles. The van der Waals surface area contributed by atoms with E-state index in [1.54, 1.807) is 6.07 Å². The summed E-state index contributed by atoms with van der Waals surface area (Å²) in [6.07, 6.45) is 0. The van der Waals surface area contributed by atoms with Crippen molar-refractivity contribution in [2.24, 2.45) is 5.41 Å². The van der Waals surface area contributed by atoms with Crippen molar-refractivity contribution in [3.63, 3.8) is 0 Å². The Balaban J connectivity index is 3.55. The van der Waals surface area contributed by atoms with Crippen molar-refractivity contribution < 1.29 is 0 Å². The van der Waals surface area contributed by atoms with Crippen LogP contribution in [0.15, 0.2) is 0 Å². The average Bonchev–Trinajstić information content (AvgIpc) is 1.35. The molecule has 0 aliphatic heterocycles. The van der Waals surface area contributed by atoms with Crippen LogP contribution in [0.1, 0.15) is 6.92 Å². The first-order chi connectivity index (χ1) is 2.56. The summed E-state index contributed by atoms with van der Waals surface area (Å²) in [4.78, 5) is 0. The summed E-state index contributed by atoms with van der Waals surface area (Å²) >= 11 is 0. The van der Waals surface area contributed by atoms with Gasteiger partial charge in [-0.2, -0.15) is 5.26 Å². The van der Waals surface area contributed by atoms with Crippen LogP contribution in [0.4, 0.5) is 0 Å². The van der Waals surface area contributed by atoms with Crippen LogP contribution in [0.3, 0.4) is 0 Å². The average molecular weight is 79.1 g/mol. The van der Waals surface area contributed by atoms with Crippen molar-refractivity contribution >= 4 is 0 Å². The maximum atomic E-state index is 7.90. The molecule has 30 valence electrons. The van der Waals surface area contributed by atoms with Crippen LogP contribution in [-0.4, -0.2) is 0 Å². The third-order valence-corrected chi connectivity index (χ3v) is 0.241. The van der Waals surface area contributed by atoms with Gasteiger partial charge in [-0.25, -0.2) is 0 Å². The summed E-state index contributed by atoms with van der Waals surface area (Å²) in [7, 11) is 0. The van der Waals surface area contributed by atoms with Gasteiger partial charge < -0.3 is 0 Å². The highest BCUT2D eigenvalue weighted by Gasteiger charge is 2.05. The molecule has 0 spiro atoms. The van der Waals surface area contributed by atoms with Gasteiger partial charge in [-0.3, -0.25) is 0 Å². The van der Waals surface area contributed by atoms with Crippen LogP contribution in [0.5, 0.6) is 0 Å². The summed E-state index contributed by atoms with van der Waals surface area (Å²) < 4.78 is 0. The van der Waals surface area contributed by atoms with Gasteiger partial charge in [-0.1, -0.05) is 0 Å². The molecule has 1 heteroatoms. The number of rotatable bonds is 0. The number of nitrogens with zero attached hydrogens (tertiary/aromatic N) is 1. The fraction of sp³-hybridized carbons (Fsp3) is 0.400. The number of hydrogen-bond donors (Lipinski definition) is 0. The first-order valence-electron chi connectivity index (χ1n) is 1.55. The molecule has 0 amide bonds. The first-order valence-corrected chi connectivity index (χ1v) is 1.55. The van der Waals surface area contributed by atoms with E-state index >= 15 is 0 Å². The van der Waals surface area contributed by atoms with E-state index in [4.69, 9.17) is 19.1 Å². The second-order valence-corrected chi connectivity index (χ2v) is 1.39. The summed E-state index contributed by atoms with van der Waals surface area (Å²) in [5.41, 5.74) is -1.15. The fourth-order valence-corrected chi connectivity index (χ4v) is 0. The lowest BCUT2D eigenvalue weighted by molar-refractivity contribution is 0.725. The SMILES string of the molecule is [CH]C([CH])(C)C#N. The molecule has 0 bridgehead atoms. The lowest BCUT2D eigenvalue weighted by Crippen LogP contribution is -1.98. The Morgan fingerprint density at radius 1 is 1.67 bits per heavy atom. The van der Waals surface area contributed by atoms with Gasteiger partial charge in [-0.05, 0) is 20.8 Å². The van der Waals surface area contributed by atoms with Crippen molar-refractivity contribution in [3.05, 3.63) is 13.8 Å². The van der Waals surface area contributed by atoms with Crippen LogP contribution in [0, 0.1) is 30.6 Å². The van der Waals surface area contributed by atoms with E-state index < -0.39 is 5.41 Å². The molecular weight excluding hydrogens is 74.1 g/mol. The molecule has 0 unspecified atom stereocenters. The van der Waals surface area contributed by atoms with Gasteiger partial charge in [0.1, 0.15) is 0 Å². The van der Waals surface area contributed by atoms with Gasteiger partial charge in [0.15, 0.2) is 0 Å². The quantitative estimate of drug-likeness (QED) is 0.424. The summed E-state index contributed by atoms with van der Waals surface area (Å²) in [6.45, 7) is 11.3. The van der Waals surface area contributed by atoms with E-state index in [0.29, 0.717) is 0 Å². The van der Waals surface area contributed by atoms with E-state index in [0.717, 1.165) is 0 Å². The summed E-state index contributed by atoms with van der Waals surface area (Å²) in [6, 6.07) is 1.66. The standard InChI is InChI=1S/C5H5N/c1-5(2,3)4-6/h1-2H,3H3. The minimum atomic E-state index is -1.15. The molecule has 0 heterocycles. The molecule has 1 nitrogen and oxygen atoms in total. The van der Waals surface area contributed by atoms with Crippen molar-refractivity contribution in [1.29, 1.82) is 5.26 Å². The molecule has 0 atom stereocenters. The second-order valence-electron chi connectivity index (χ2n) is 1.39. The number of nitriles is 1. The van der Waals surface area contributed by atoms with E-state index in [9.17, 15) is 0 Å². The molecule has 0 N–H and O–H groups in total. The minimum Gasteiger partial charge on any atom is -0.198 e. The molecule has 0 aromatic heterocycles. The highest BCUT2D eigenvalue weighted by atomic mass is 14.3. The van der Waals surface area contributed by atoms with Crippen LogP contribution in [0.2, 0.25) is 0 Å². The van der Waals surface area contributed by atoms with Crippen LogP contribution < -0.4 is 0 Å². The molecule has 6 heavy (non-hydrogen) atoms. The molecule has 0 saturated heterocycles. The third-order valence-electron chi connectivity index (χ3n) is 0.241. The van der Waals surface area contributed by atoms with Crippen molar-refractivity contribution in [2.45, 2.75) is 6.92 Å². The molecular formula is C5H5N. The van der Waals surface area contributed by atoms with Crippen molar-refractivity contribution in [3.8, 4) is 6.07 Å². The molecule has 0 aromatic rings. The highest BCUT2D eigenvalue weighted by Crippen LogP contribution is 2.06. The Kier molecular flexibility index (Phi) is 1.19. The largest absolute Gasteiger partial charge is 0.198 e. The summed E-state index contributed by atoms with van der Waals surface area (Å²) in [5.74, 6) is 0. The molecule has 0 aromatic carbocycles.